The van der Waals surface area contributed by atoms with E-state index in [1.165, 1.54) is 89.8 Å². The molecule has 16 aromatic rings. The molecule has 2 fully saturated rings. The number of fused-ring (bicyclic) bond motifs is 8. The van der Waals surface area contributed by atoms with Crippen molar-refractivity contribution in [2.45, 2.75) is 124 Å². The summed E-state index contributed by atoms with van der Waals surface area (Å²) in [6.07, 6.45) is 28.3. The molecule has 0 spiro atoms. The fourth-order valence-corrected chi connectivity index (χ4v) is 18.9. The van der Waals surface area contributed by atoms with E-state index in [9.17, 15) is 4.79 Å². The van der Waals surface area contributed by atoms with Crippen molar-refractivity contribution in [2.75, 3.05) is 116 Å². The molecule has 18 heterocycles. The highest BCUT2D eigenvalue weighted by molar-refractivity contribution is 5.85. The zero-order chi connectivity index (χ0) is 95.5. The van der Waals surface area contributed by atoms with Crippen molar-refractivity contribution in [3.05, 3.63) is 237 Å². The van der Waals surface area contributed by atoms with Crippen molar-refractivity contribution in [1.82, 2.24) is 125 Å². The van der Waals surface area contributed by atoms with Crippen LogP contribution in [-0.4, -0.2) is 220 Å². The number of rotatable bonds is 15. The summed E-state index contributed by atoms with van der Waals surface area (Å²) >= 11 is 0. The molecule has 0 bridgehead atoms. The molecule has 15 N–H and O–H groups in total. The zero-order valence-electron chi connectivity index (χ0n) is 79.0. The van der Waals surface area contributed by atoms with Crippen LogP contribution in [0, 0.1) is 34.6 Å². The predicted octanol–water partition coefficient (Wildman–Crippen LogP) is 12.9. The van der Waals surface area contributed by atoms with Crippen molar-refractivity contribution in [3.63, 3.8) is 0 Å². The van der Waals surface area contributed by atoms with Crippen molar-refractivity contribution in [2.24, 2.45) is 0 Å². The molecule has 5 aromatic carbocycles. The van der Waals surface area contributed by atoms with E-state index in [0.717, 1.165) is 190 Å². The first-order valence-corrected chi connectivity index (χ1v) is 46.3. The van der Waals surface area contributed by atoms with Crippen LogP contribution in [0.25, 0.3) is 89.5 Å². The second-order valence-electron chi connectivity index (χ2n) is 36.5. The van der Waals surface area contributed by atoms with Crippen LogP contribution in [0.1, 0.15) is 96.3 Å². The Morgan fingerprint density at radius 2 is 0.717 bits per heavy atom. The number of nitrogens with zero attached hydrogens (tertiary/aromatic N) is 20. The van der Waals surface area contributed by atoms with Crippen molar-refractivity contribution in [1.29, 1.82) is 0 Å². The number of nitrogens with two attached hydrogens (primary N) is 5. The molecule has 2 saturated heterocycles. The zero-order valence-corrected chi connectivity index (χ0v) is 79.0. The minimum absolute atomic E-state index is 0.0212. The second-order valence-corrected chi connectivity index (χ2v) is 36.5. The first-order chi connectivity index (χ1) is 66.8. The third-order valence-electron chi connectivity index (χ3n) is 26.2. The summed E-state index contributed by atoms with van der Waals surface area (Å²) in [5, 5.41) is 7.65. The van der Waals surface area contributed by atoms with Gasteiger partial charge in [-0.05, 0) is 271 Å². The number of H-pyrrole nitrogens is 3. The molecule has 0 saturated carbocycles. The Bertz CT molecular complexity index is 6810. The molecule has 23 rings (SSSR count). The number of aryl methyl sites for hydroxylation is 5. The van der Waals surface area contributed by atoms with Gasteiger partial charge < -0.3 is 102 Å². The van der Waals surface area contributed by atoms with E-state index in [2.05, 4.69) is 255 Å². The highest BCUT2D eigenvalue weighted by Crippen LogP contribution is 2.41. The van der Waals surface area contributed by atoms with Gasteiger partial charge >= 0.3 is 0 Å². The molecule has 7 aliphatic heterocycles. The van der Waals surface area contributed by atoms with E-state index in [0.29, 0.717) is 64.6 Å². The summed E-state index contributed by atoms with van der Waals surface area (Å²) in [6, 6.07) is 25.6. The first kappa shape index (κ1) is 91.8. The number of hydrogen-bond donors (Lipinski definition) is 10. The molecular weight excluding hydrogens is 1740 g/mol. The molecule has 138 heavy (non-hydrogen) atoms. The molecule has 0 aliphatic carbocycles. The summed E-state index contributed by atoms with van der Waals surface area (Å²) in [5.41, 5.74) is 62.0. The summed E-state index contributed by atoms with van der Waals surface area (Å²) in [4.78, 5) is 97.9. The maximum Gasteiger partial charge on any atom is 0.263 e. The van der Waals surface area contributed by atoms with Crippen LogP contribution in [0.2, 0.25) is 0 Å². The fraction of sp³-hybridized carbons (Fsp3) is 0.314. The molecule has 1 amide bonds. The van der Waals surface area contributed by atoms with Crippen LogP contribution in [0.5, 0.6) is 46.6 Å². The van der Waals surface area contributed by atoms with Crippen LogP contribution in [-0.2, 0) is 69.6 Å². The molecule has 0 radical (unpaired) electrons. The molecule has 36 nitrogen and oxygen atoms in total. The fourth-order valence-electron chi connectivity index (χ4n) is 18.9. The van der Waals surface area contributed by atoms with Gasteiger partial charge in [0.05, 0.1) is 83.2 Å². The summed E-state index contributed by atoms with van der Waals surface area (Å²) in [7, 11) is 10.7. The Kier molecular flexibility index (Phi) is 26.5. The lowest BCUT2D eigenvalue weighted by molar-refractivity contribution is -0.119. The lowest BCUT2D eigenvalue weighted by Gasteiger charge is -2.27. The Morgan fingerprint density at radius 1 is 0.370 bits per heavy atom. The van der Waals surface area contributed by atoms with E-state index in [4.69, 9.17) is 52.4 Å². The largest absolute Gasteiger partial charge is 0.470 e. The van der Waals surface area contributed by atoms with Gasteiger partial charge in [-0.1, -0.05) is 0 Å². The average Bonchev–Trinajstić information content (AvgIpc) is 1.37. The lowest BCUT2D eigenvalue weighted by Crippen LogP contribution is -2.27. The number of ether oxygens (including phenoxy) is 5. The van der Waals surface area contributed by atoms with Gasteiger partial charge in [0, 0.05) is 143 Å². The van der Waals surface area contributed by atoms with Crippen LogP contribution in [0.3, 0.4) is 0 Å². The van der Waals surface area contributed by atoms with Crippen LogP contribution < -0.4 is 63.0 Å². The van der Waals surface area contributed by atoms with E-state index < -0.39 is 0 Å². The topological polar surface area (TPSA) is 474 Å². The van der Waals surface area contributed by atoms with Crippen molar-refractivity contribution < 1.29 is 28.5 Å². The Labute approximate surface area is 797 Å². The SMILES string of the molecule is Cc1cc(-c2cnc(N)c(OC3CCNC3)n2)cc2c1CCN(C)C2.Cc1cc(-c2cnc(N)c(OC3CNC(=O)C3)n2)cc2c1CCN(C)C2.Cc1cc(-c2cnc(N)c(Oc3c[nH]c4ncccc34)n2)cc2c1CCN(C)C2.Cc1cc(-c2cnc(N)c(Oc3c[nH]c4nccnc34)n2)cc2c1CCN(C)C2.Cc1cc(-c2cnc(N)c(Oc3c[nH]c4ncncc34)n2)cc2c1CCN(C)C2. The van der Waals surface area contributed by atoms with Gasteiger partial charge in [-0.2, -0.15) is 0 Å². The standard InChI is InChI=1S/C22H22N6O.2C21H21N7O.C19H23N5O2.C19H25N5O/c1-13-8-14(9-15-12-28(2)7-5-16(13)15)18-10-25-20(23)22(27-18)29-19-11-26-21-17(19)4-3-6-24-21;1-12-7-13(8-14-11-28(2)6-3-15(12)14)16-9-25-19(22)21(27-16)29-17-10-26-20-18(17)23-4-5-24-20;1-12-5-13(6-14-10-28(2)4-3-15(12)14)17-8-24-19(22)21(27-17)29-18-9-25-20-16(18)7-23-11-26-20;1-11-5-12(6-13-10-24(2)4-3-15(11)13)16-9-22-18(20)19(23-16)26-14-7-17(25)21-8-14;1-12-7-13(8-14-11-24(2)6-4-16(12)14)17-10-22-18(20)19(23-17)25-15-3-5-21-9-15/h3-4,6,8-11H,5,7,12H2,1-2H3,(H2,23,25)(H,24,26);4-5,7-10H,3,6,11H2,1-2H3,(H2,22,25)(H,24,26);5-9,11H,3-4,10H2,1-2H3,(H2,22,24)(H,23,25,26);5-6,9,14H,3-4,7-8,10H2,1-2H3,(H2,20,22)(H,21,25);7-8,10,15,21H,3-6,9,11H2,1-2H3,(H2,20,22). The average molecular weight is 1850 g/mol. The maximum absolute atomic E-state index is 11.4. The quantitative estimate of drug-likeness (QED) is 0.0456. The smallest absolute Gasteiger partial charge is 0.263 e. The Balaban J connectivity index is 0.000000110. The van der Waals surface area contributed by atoms with Gasteiger partial charge in [0.25, 0.3) is 29.4 Å². The molecule has 706 valence electrons. The number of aromatic nitrogens is 18. The number of pyridine rings is 1. The number of hydrogen-bond acceptors (Lipinski definition) is 32. The van der Waals surface area contributed by atoms with Gasteiger partial charge in [-0.3, -0.25) is 4.79 Å². The van der Waals surface area contributed by atoms with Gasteiger partial charge in [0.2, 0.25) is 5.91 Å². The number of anilines is 5. The number of amides is 1. The number of nitrogen functional groups attached to an aromatic ring is 5. The minimum atomic E-state index is -0.256. The van der Waals surface area contributed by atoms with Crippen LogP contribution in [0.4, 0.5) is 29.1 Å². The lowest BCUT2D eigenvalue weighted by atomic mass is 9.92. The summed E-state index contributed by atoms with van der Waals surface area (Å²) in [6.45, 7) is 23.2. The highest BCUT2D eigenvalue weighted by atomic mass is 16.5. The normalized spacial score (nSPS) is 16.4. The number of nitrogens with one attached hydrogen (secondary N) is 5. The number of benzene rings is 5. The van der Waals surface area contributed by atoms with E-state index in [1.807, 2.05) is 12.1 Å². The third kappa shape index (κ3) is 20.4. The Hall–Kier alpha value is -15.3. The van der Waals surface area contributed by atoms with E-state index in [-0.39, 0.29) is 59.0 Å². The minimum Gasteiger partial charge on any atom is -0.470 e. The predicted molar refractivity (Wildman–Crippen MR) is 531 cm³/mol. The number of aromatic amines is 3. The number of carbonyl (C=O) groups is 1. The number of carbonyl (C=O) groups excluding carboxylic acids is 1. The summed E-state index contributed by atoms with van der Waals surface area (Å²) < 4.78 is 29.7. The van der Waals surface area contributed by atoms with Gasteiger partial charge in [0.15, 0.2) is 52.0 Å². The molecule has 11 aromatic heterocycles. The third-order valence-corrected chi connectivity index (χ3v) is 26.2. The van der Waals surface area contributed by atoms with E-state index >= 15 is 0 Å². The molecule has 2 atom stereocenters. The molecular formula is C102H112N30O6. The highest BCUT2D eigenvalue weighted by Gasteiger charge is 2.30. The Morgan fingerprint density at radius 3 is 1.11 bits per heavy atom. The monoisotopic (exact) mass is 1850 g/mol. The van der Waals surface area contributed by atoms with Gasteiger partial charge in [-0.25, -0.2) is 74.8 Å². The van der Waals surface area contributed by atoms with Crippen LogP contribution in [0.15, 0.2) is 153 Å². The van der Waals surface area contributed by atoms with Gasteiger partial charge in [0.1, 0.15) is 35.3 Å². The molecule has 36 heteroatoms. The van der Waals surface area contributed by atoms with Crippen LogP contribution >= 0.6 is 0 Å². The molecule has 7 aliphatic rings. The second kappa shape index (κ2) is 39.9. The maximum atomic E-state index is 11.4. The van der Waals surface area contributed by atoms with E-state index in [1.54, 1.807) is 74.4 Å². The molecule has 2 unspecified atom stereocenters. The van der Waals surface area contributed by atoms with Crippen molar-refractivity contribution >= 4 is 68.2 Å². The van der Waals surface area contributed by atoms with Gasteiger partial charge in [-0.15, -0.1) is 0 Å². The summed E-state index contributed by atoms with van der Waals surface area (Å²) in [5.74, 6) is 4.50. The van der Waals surface area contributed by atoms with Crippen molar-refractivity contribution in [3.8, 4) is 103 Å². The first-order valence-electron chi connectivity index (χ1n) is 46.3. The number of likely N-dealkylation sites (N-methyl/N-ethyl adjacent to an activating group) is 5.